The maximum absolute atomic E-state index is 12.0. The number of para-hydroxylation sites is 1. The highest BCUT2D eigenvalue weighted by atomic mass is 35.5. The average molecular weight is 269 g/mol. The molecule has 0 bridgehead atoms. The van der Waals surface area contributed by atoms with Gasteiger partial charge in [-0.25, -0.2) is 0 Å². The molecule has 1 unspecified atom stereocenters. The van der Waals surface area contributed by atoms with E-state index >= 15 is 0 Å². The summed E-state index contributed by atoms with van der Waals surface area (Å²) in [5, 5.41) is 3.42. The topological polar surface area (TPSA) is 32.3 Å². The van der Waals surface area contributed by atoms with Crippen molar-refractivity contribution in [3.05, 3.63) is 30.3 Å². The van der Waals surface area contributed by atoms with E-state index in [0.717, 1.165) is 18.7 Å². The Bertz CT molecular complexity index is 363. The van der Waals surface area contributed by atoms with Crippen LogP contribution in [0.1, 0.15) is 25.7 Å². The maximum Gasteiger partial charge on any atom is 0.226 e. The van der Waals surface area contributed by atoms with Crippen molar-refractivity contribution in [3.8, 4) is 0 Å². The zero-order valence-corrected chi connectivity index (χ0v) is 11.6. The van der Waals surface area contributed by atoms with Gasteiger partial charge in [0, 0.05) is 25.2 Å². The van der Waals surface area contributed by atoms with Crippen molar-refractivity contribution in [2.45, 2.75) is 31.7 Å². The molecule has 0 aliphatic carbocycles. The van der Waals surface area contributed by atoms with Crippen molar-refractivity contribution in [3.63, 3.8) is 0 Å². The van der Waals surface area contributed by atoms with Gasteiger partial charge < -0.3 is 10.2 Å². The summed E-state index contributed by atoms with van der Waals surface area (Å²) in [5.41, 5.74) is 0.969. The lowest BCUT2D eigenvalue weighted by molar-refractivity contribution is -0.118. The van der Waals surface area contributed by atoms with Crippen LogP contribution < -0.4 is 10.2 Å². The number of hydrogen-bond donors (Lipinski definition) is 1. The fraction of sp³-hybridized carbons (Fsp3) is 0.500. The Morgan fingerprint density at radius 2 is 2.11 bits per heavy atom. The van der Waals surface area contributed by atoms with Crippen LogP contribution in [0.2, 0.25) is 0 Å². The number of carbonyl (C=O) groups is 1. The van der Waals surface area contributed by atoms with Gasteiger partial charge in [0.25, 0.3) is 0 Å². The van der Waals surface area contributed by atoms with Gasteiger partial charge in [0.2, 0.25) is 5.91 Å². The normalized spacial score (nSPS) is 18.2. The molecule has 1 N–H and O–H groups in total. The zero-order valence-electron chi connectivity index (χ0n) is 10.8. The van der Waals surface area contributed by atoms with E-state index in [4.69, 9.17) is 0 Å². The van der Waals surface area contributed by atoms with Crippen LogP contribution in [0.3, 0.4) is 0 Å². The maximum atomic E-state index is 12.0. The molecule has 1 aromatic rings. The molecule has 3 nitrogen and oxygen atoms in total. The van der Waals surface area contributed by atoms with Crippen LogP contribution in [0.4, 0.5) is 5.69 Å². The standard InChI is InChI=1S/C14H20N2O.ClH/c1-16(13-7-3-2-4-8-13)14(17)10-9-12-6-5-11-15-12;/h2-4,7-8,12,15H,5-6,9-11H2,1H3;1H. The summed E-state index contributed by atoms with van der Waals surface area (Å²) in [6.45, 7) is 1.10. The van der Waals surface area contributed by atoms with E-state index in [2.05, 4.69) is 5.32 Å². The number of hydrogen-bond acceptors (Lipinski definition) is 2. The van der Waals surface area contributed by atoms with E-state index in [0.29, 0.717) is 12.5 Å². The van der Waals surface area contributed by atoms with E-state index in [-0.39, 0.29) is 18.3 Å². The third-order valence-electron chi connectivity index (χ3n) is 3.39. The highest BCUT2D eigenvalue weighted by Crippen LogP contribution is 2.15. The first-order valence-corrected chi connectivity index (χ1v) is 6.32. The summed E-state index contributed by atoms with van der Waals surface area (Å²) in [4.78, 5) is 13.7. The van der Waals surface area contributed by atoms with Crippen LogP contribution in [0.5, 0.6) is 0 Å². The predicted molar refractivity (Wildman–Crippen MR) is 77.4 cm³/mol. The summed E-state index contributed by atoms with van der Waals surface area (Å²) >= 11 is 0. The number of nitrogens with zero attached hydrogens (tertiary/aromatic N) is 1. The van der Waals surface area contributed by atoms with Crippen molar-refractivity contribution in [2.24, 2.45) is 0 Å². The molecule has 1 aliphatic rings. The second kappa shape index (κ2) is 7.39. The largest absolute Gasteiger partial charge is 0.316 e. The predicted octanol–water partition coefficient (Wildman–Crippen LogP) is 2.60. The molecule has 4 heteroatoms. The summed E-state index contributed by atoms with van der Waals surface area (Å²) in [7, 11) is 1.85. The lowest BCUT2D eigenvalue weighted by Gasteiger charge is -2.18. The van der Waals surface area contributed by atoms with Crippen LogP contribution in [-0.2, 0) is 4.79 Å². The van der Waals surface area contributed by atoms with E-state index in [1.54, 1.807) is 4.90 Å². The third-order valence-corrected chi connectivity index (χ3v) is 3.39. The highest BCUT2D eigenvalue weighted by molar-refractivity contribution is 5.92. The van der Waals surface area contributed by atoms with E-state index in [9.17, 15) is 4.79 Å². The Morgan fingerprint density at radius 3 is 2.72 bits per heavy atom. The molecule has 2 rings (SSSR count). The Morgan fingerprint density at radius 1 is 1.39 bits per heavy atom. The molecule has 1 heterocycles. The van der Waals surface area contributed by atoms with Crippen molar-refractivity contribution in [1.82, 2.24) is 5.32 Å². The fourth-order valence-corrected chi connectivity index (χ4v) is 2.26. The highest BCUT2D eigenvalue weighted by Gasteiger charge is 2.17. The number of anilines is 1. The lowest BCUT2D eigenvalue weighted by atomic mass is 10.1. The smallest absolute Gasteiger partial charge is 0.226 e. The number of amides is 1. The van der Waals surface area contributed by atoms with Gasteiger partial charge in [0.15, 0.2) is 0 Å². The number of carbonyl (C=O) groups excluding carboxylic acids is 1. The minimum atomic E-state index is 0. The van der Waals surface area contributed by atoms with Gasteiger partial charge >= 0.3 is 0 Å². The monoisotopic (exact) mass is 268 g/mol. The first-order valence-electron chi connectivity index (χ1n) is 6.32. The average Bonchev–Trinajstić information content (AvgIpc) is 2.89. The molecular formula is C14H21ClN2O. The second-order valence-electron chi connectivity index (χ2n) is 4.62. The molecule has 1 fully saturated rings. The fourth-order valence-electron chi connectivity index (χ4n) is 2.26. The molecule has 0 saturated carbocycles. The van der Waals surface area contributed by atoms with Crippen LogP contribution >= 0.6 is 12.4 Å². The Kier molecular flexibility index (Phi) is 6.16. The molecule has 0 radical (unpaired) electrons. The van der Waals surface area contributed by atoms with E-state index in [1.165, 1.54) is 12.8 Å². The quantitative estimate of drug-likeness (QED) is 0.910. The van der Waals surface area contributed by atoms with Gasteiger partial charge in [0.1, 0.15) is 0 Å². The molecule has 100 valence electrons. The van der Waals surface area contributed by atoms with Crippen LogP contribution in [-0.4, -0.2) is 25.5 Å². The molecule has 1 amide bonds. The van der Waals surface area contributed by atoms with E-state index < -0.39 is 0 Å². The van der Waals surface area contributed by atoms with E-state index in [1.807, 2.05) is 37.4 Å². The van der Waals surface area contributed by atoms with Gasteiger partial charge in [-0.2, -0.15) is 0 Å². The summed E-state index contributed by atoms with van der Waals surface area (Å²) in [6, 6.07) is 10.3. The van der Waals surface area contributed by atoms with Gasteiger partial charge in [0.05, 0.1) is 0 Å². The van der Waals surface area contributed by atoms with Gasteiger partial charge in [-0.15, -0.1) is 12.4 Å². The van der Waals surface area contributed by atoms with Crippen LogP contribution in [0.15, 0.2) is 30.3 Å². The summed E-state index contributed by atoms with van der Waals surface area (Å²) in [5.74, 6) is 0.199. The molecule has 1 aromatic carbocycles. The van der Waals surface area contributed by atoms with Crippen molar-refractivity contribution in [2.75, 3.05) is 18.5 Å². The molecule has 18 heavy (non-hydrogen) atoms. The van der Waals surface area contributed by atoms with Gasteiger partial charge in [-0.1, -0.05) is 18.2 Å². The van der Waals surface area contributed by atoms with Crippen molar-refractivity contribution in [1.29, 1.82) is 0 Å². The van der Waals surface area contributed by atoms with Crippen molar-refractivity contribution < 1.29 is 4.79 Å². The first-order chi connectivity index (χ1) is 8.27. The second-order valence-corrected chi connectivity index (χ2v) is 4.62. The lowest BCUT2D eigenvalue weighted by Crippen LogP contribution is -2.29. The summed E-state index contributed by atoms with van der Waals surface area (Å²) < 4.78 is 0. The molecule has 0 aromatic heterocycles. The Hall–Kier alpha value is -1.06. The molecular weight excluding hydrogens is 248 g/mol. The minimum Gasteiger partial charge on any atom is -0.316 e. The van der Waals surface area contributed by atoms with Gasteiger partial charge in [-0.05, 0) is 37.9 Å². The third kappa shape index (κ3) is 4.00. The van der Waals surface area contributed by atoms with Crippen LogP contribution in [0.25, 0.3) is 0 Å². The number of benzene rings is 1. The number of nitrogens with one attached hydrogen (secondary N) is 1. The molecule has 1 aliphatic heterocycles. The van der Waals surface area contributed by atoms with Crippen molar-refractivity contribution >= 4 is 24.0 Å². The number of halogens is 1. The number of rotatable bonds is 4. The SMILES string of the molecule is CN(C(=O)CCC1CCCN1)c1ccccc1.Cl. The van der Waals surface area contributed by atoms with Crippen LogP contribution in [0, 0.1) is 0 Å². The first kappa shape index (κ1) is 15.0. The Labute approximate surface area is 115 Å². The molecule has 0 spiro atoms. The van der Waals surface area contributed by atoms with Gasteiger partial charge in [-0.3, -0.25) is 4.79 Å². The minimum absolute atomic E-state index is 0. The summed E-state index contributed by atoms with van der Waals surface area (Å²) in [6.07, 6.45) is 4.04. The Balaban J connectivity index is 0.00000162. The molecule has 1 saturated heterocycles. The zero-order chi connectivity index (χ0) is 12.1. The molecule has 1 atom stereocenters.